The van der Waals surface area contributed by atoms with Crippen molar-refractivity contribution < 1.29 is 18.0 Å². The molecule has 6 heterocycles. The molecule has 0 unspecified atom stereocenters. The third-order valence-corrected chi connectivity index (χ3v) is 5.82. The van der Waals surface area contributed by atoms with Gasteiger partial charge in [-0.2, -0.15) is 19.0 Å². The van der Waals surface area contributed by atoms with Crippen LogP contribution < -0.4 is 0 Å². The number of aromatic nitrogens is 8. The summed E-state index contributed by atoms with van der Waals surface area (Å²) in [6.45, 7) is -0.486. The summed E-state index contributed by atoms with van der Waals surface area (Å²) in [7, 11) is 0. The highest BCUT2D eigenvalue weighted by Crippen LogP contribution is 2.34. The van der Waals surface area contributed by atoms with Crippen molar-refractivity contribution in [1.29, 1.82) is 0 Å². The van der Waals surface area contributed by atoms with Gasteiger partial charge in [-0.3, -0.25) is 4.79 Å². The first-order valence-corrected chi connectivity index (χ1v) is 10.4. The molecule has 0 aromatic carbocycles. The Balaban J connectivity index is 1.37. The van der Waals surface area contributed by atoms with Gasteiger partial charge in [-0.25, -0.2) is 14.2 Å². The second kappa shape index (κ2) is 7.57. The predicted molar refractivity (Wildman–Crippen MR) is 112 cm³/mol. The fourth-order valence-corrected chi connectivity index (χ4v) is 4.21. The molecule has 0 aliphatic carbocycles. The molecule has 1 atom stereocenters. The summed E-state index contributed by atoms with van der Waals surface area (Å²) in [5, 5.41) is 16.0. The number of fused-ring (bicyclic) bond motifs is 2. The van der Waals surface area contributed by atoms with E-state index < -0.39 is 18.5 Å². The van der Waals surface area contributed by atoms with Crippen LogP contribution in [0.3, 0.4) is 0 Å². The van der Waals surface area contributed by atoms with Crippen LogP contribution in [0.25, 0.3) is 17.0 Å². The van der Waals surface area contributed by atoms with E-state index in [1.807, 2.05) is 35.7 Å². The first kappa shape index (κ1) is 20.2. The average molecular weight is 465 g/mol. The van der Waals surface area contributed by atoms with Crippen molar-refractivity contribution in [3.8, 4) is 11.5 Å². The molecule has 1 amide bonds. The maximum atomic E-state index is 13.5. The van der Waals surface area contributed by atoms with E-state index in [4.69, 9.17) is 9.52 Å². The number of aryl methyl sites for hydroxylation is 1. The SMILES string of the molecule is Cc1cccc2cc([C@H]3c4nc[nH]c4CCN3C(=O)c3nnc(-c4cnn(C(F)F)c4)o3)nn12. The number of pyridine rings is 1. The molecular formula is C21H17F2N9O2. The van der Waals surface area contributed by atoms with Crippen molar-refractivity contribution in [2.45, 2.75) is 25.9 Å². The zero-order valence-corrected chi connectivity index (χ0v) is 17.8. The molecule has 5 aromatic heterocycles. The summed E-state index contributed by atoms with van der Waals surface area (Å²) < 4.78 is 33.5. The number of imidazole rings is 1. The van der Waals surface area contributed by atoms with Crippen LogP contribution in [0.1, 0.15) is 46.1 Å². The van der Waals surface area contributed by atoms with E-state index in [1.165, 1.54) is 6.20 Å². The van der Waals surface area contributed by atoms with Gasteiger partial charge in [-0.05, 0) is 25.1 Å². The Labute approximate surface area is 190 Å². The Morgan fingerprint density at radius 3 is 2.97 bits per heavy atom. The van der Waals surface area contributed by atoms with Crippen LogP contribution in [0.2, 0.25) is 0 Å². The number of carbonyl (C=O) groups excluding carboxylic acids is 1. The Morgan fingerprint density at radius 2 is 2.18 bits per heavy atom. The minimum absolute atomic E-state index is 0.0763. The number of hydrogen-bond donors (Lipinski definition) is 1. The lowest BCUT2D eigenvalue weighted by Gasteiger charge is -2.32. The van der Waals surface area contributed by atoms with Crippen LogP contribution in [0.15, 0.2) is 47.4 Å². The number of H-pyrrole nitrogens is 1. The van der Waals surface area contributed by atoms with Crippen LogP contribution in [0.4, 0.5) is 8.78 Å². The lowest BCUT2D eigenvalue weighted by atomic mass is 9.99. The van der Waals surface area contributed by atoms with Gasteiger partial charge >= 0.3 is 18.3 Å². The Hall–Kier alpha value is -4.42. The molecule has 6 rings (SSSR count). The number of nitrogens with zero attached hydrogens (tertiary/aromatic N) is 8. The lowest BCUT2D eigenvalue weighted by molar-refractivity contribution is 0.0566. The molecule has 0 spiro atoms. The molecule has 0 bridgehead atoms. The molecule has 0 saturated carbocycles. The zero-order valence-electron chi connectivity index (χ0n) is 17.8. The Bertz CT molecular complexity index is 1520. The van der Waals surface area contributed by atoms with Crippen molar-refractivity contribution in [3.05, 3.63) is 71.7 Å². The van der Waals surface area contributed by atoms with E-state index in [1.54, 1.807) is 11.2 Å². The van der Waals surface area contributed by atoms with Gasteiger partial charge in [0.05, 0.1) is 35.0 Å². The van der Waals surface area contributed by atoms with Crippen molar-refractivity contribution in [3.63, 3.8) is 0 Å². The zero-order chi connectivity index (χ0) is 23.4. The van der Waals surface area contributed by atoms with Crippen molar-refractivity contribution >= 4 is 11.4 Å². The second-order valence-electron chi connectivity index (χ2n) is 7.89. The molecule has 1 N–H and O–H groups in total. The van der Waals surface area contributed by atoms with Crippen LogP contribution in [0, 0.1) is 6.92 Å². The largest absolute Gasteiger partial charge is 0.412 e. The maximum absolute atomic E-state index is 13.5. The summed E-state index contributed by atoms with van der Waals surface area (Å²) in [4.78, 5) is 22.6. The van der Waals surface area contributed by atoms with Gasteiger partial charge in [0.25, 0.3) is 5.89 Å². The van der Waals surface area contributed by atoms with Gasteiger partial charge in [0, 0.05) is 30.6 Å². The monoisotopic (exact) mass is 465 g/mol. The van der Waals surface area contributed by atoms with Crippen LogP contribution in [-0.4, -0.2) is 56.9 Å². The quantitative estimate of drug-likeness (QED) is 0.433. The fraction of sp³-hybridized carbons (Fsp3) is 0.238. The molecule has 34 heavy (non-hydrogen) atoms. The number of rotatable bonds is 4. The molecule has 172 valence electrons. The van der Waals surface area contributed by atoms with E-state index in [9.17, 15) is 13.6 Å². The maximum Gasteiger partial charge on any atom is 0.333 e. The highest BCUT2D eigenvalue weighted by atomic mass is 19.3. The van der Waals surface area contributed by atoms with E-state index in [0.29, 0.717) is 29.0 Å². The third kappa shape index (κ3) is 3.16. The van der Waals surface area contributed by atoms with Gasteiger partial charge in [0.2, 0.25) is 0 Å². The summed E-state index contributed by atoms with van der Waals surface area (Å²) >= 11 is 0. The summed E-state index contributed by atoms with van der Waals surface area (Å²) in [6, 6.07) is 7.17. The minimum atomic E-state index is -2.80. The van der Waals surface area contributed by atoms with E-state index >= 15 is 0 Å². The predicted octanol–water partition coefficient (Wildman–Crippen LogP) is 2.80. The van der Waals surface area contributed by atoms with Crippen LogP contribution in [-0.2, 0) is 6.42 Å². The van der Waals surface area contributed by atoms with Gasteiger partial charge in [0.15, 0.2) is 0 Å². The standard InChI is InChI=1S/C21H17F2N9O2/c1-11-3-2-4-13-7-15(29-32(11)13)17-16-14(24-10-25-16)5-6-30(17)20(33)19-28-27-18(34-19)12-8-26-31(9-12)21(22)23/h2-4,7-10,17,21H,5-6H2,1H3,(H,24,25)/t17-/m0/s1. The molecule has 5 aromatic rings. The highest BCUT2D eigenvalue weighted by molar-refractivity contribution is 5.90. The van der Waals surface area contributed by atoms with Gasteiger partial charge in [-0.1, -0.05) is 6.07 Å². The summed E-state index contributed by atoms with van der Waals surface area (Å²) in [5.74, 6) is -0.844. The third-order valence-electron chi connectivity index (χ3n) is 5.82. The van der Waals surface area contributed by atoms with E-state index in [-0.39, 0.29) is 17.3 Å². The number of alkyl halides is 2. The lowest BCUT2D eigenvalue weighted by Crippen LogP contribution is -2.41. The molecule has 0 radical (unpaired) electrons. The van der Waals surface area contributed by atoms with Crippen molar-refractivity contribution in [2.24, 2.45) is 0 Å². The summed E-state index contributed by atoms with van der Waals surface area (Å²) in [5.41, 5.74) is 4.29. The van der Waals surface area contributed by atoms with Gasteiger partial charge in [-0.15, -0.1) is 10.2 Å². The number of nitrogens with one attached hydrogen (secondary N) is 1. The van der Waals surface area contributed by atoms with E-state index in [0.717, 1.165) is 23.1 Å². The van der Waals surface area contributed by atoms with Crippen LogP contribution in [0.5, 0.6) is 0 Å². The van der Waals surface area contributed by atoms with Gasteiger partial charge < -0.3 is 14.3 Å². The average Bonchev–Trinajstić information content (AvgIpc) is 3.62. The topological polar surface area (TPSA) is 123 Å². The number of hydrogen-bond acceptors (Lipinski definition) is 7. The van der Waals surface area contributed by atoms with Gasteiger partial charge in [0.1, 0.15) is 6.04 Å². The molecular weight excluding hydrogens is 448 g/mol. The Morgan fingerprint density at radius 1 is 1.29 bits per heavy atom. The smallest absolute Gasteiger partial charge is 0.333 e. The molecule has 0 saturated heterocycles. The summed E-state index contributed by atoms with van der Waals surface area (Å²) in [6.07, 6.45) is 4.40. The first-order valence-electron chi connectivity index (χ1n) is 10.4. The number of amides is 1. The van der Waals surface area contributed by atoms with Crippen molar-refractivity contribution in [2.75, 3.05) is 6.54 Å². The second-order valence-corrected chi connectivity index (χ2v) is 7.89. The minimum Gasteiger partial charge on any atom is -0.412 e. The first-order chi connectivity index (χ1) is 16.5. The fourth-order valence-electron chi connectivity index (χ4n) is 4.21. The van der Waals surface area contributed by atoms with Crippen molar-refractivity contribution in [1.82, 2.24) is 44.5 Å². The molecule has 11 nitrogen and oxygen atoms in total. The number of carbonyl (C=O) groups is 1. The Kier molecular flexibility index (Phi) is 4.50. The highest BCUT2D eigenvalue weighted by Gasteiger charge is 2.38. The molecule has 1 aliphatic heterocycles. The van der Waals surface area contributed by atoms with E-state index in [2.05, 4.69) is 25.3 Å². The molecule has 1 aliphatic rings. The van der Waals surface area contributed by atoms with Crippen LogP contribution >= 0.6 is 0 Å². The molecule has 0 fully saturated rings. The molecule has 13 heteroatoms. The number of aromatic amines is 1. The number of halogens is 2. The normalized spacial score (nSPS) is 15.9.